The lowest BCUT2D eigenvalue weighted by molar-refractivity contribution is 0.0693. The molecule has 0 spiro atoms. The summed E-state index contributed by atoms with van der Waals surface area (Å²) in [5.74, 6) is -0.692. The van der Waals surface area contributed by atoms with Gasteiger partial charge in [0.25, 0.3) is 0 Å². The van der Waals surface area contributed by atoms with Gasteiger partial charge in [0.05, 0.1) is 5.69 Å². The van der Waals surface area contributed by atoms with E-state index >= 15 is 0 Å². The van der Waals surface area contributed by atoms with Crippen molar-refractivity contribution in [2.45, 2.75) is 0 Å². The SMILES string of the molecule is O=C(O)c1ccccc1ONc1ccc(O)cc1. The van der Waals surface area contributed by atoms with Crippen molar-refractivity contribution < 1.29 is 19.8 Å². The Morgan fingerprint density at radius 1 is 1.06 bits per heavy atom. The molecule has 0 saturated heterocycles. The summed E-state index contributed by atoms with van der Waals surface area (Å²) in [7, 11) is 0. The lowest BCUT2D eigenvalue weighted by atomic mass is 10.2. The molecule has 0 aliphatic heterocycles. The van der Waals surface area contributed by atoms with Crippen molar-refractivity contribution in [3.8, 4) is 11.5 Å². The van der Waals surface area contributed by atoms with E-state index in [4.69, 9.17) is 15.1 Å². The summed E-state index contributed by atoms with van der Waals surface area (Å²) in [5, 5.41) is 18.1. The number of carbonyl (C=O) groups is 1. The normalized spacial score (nSPS) is 9.78. The van der Waals surface area contributed by atoms with E-state index in [1.165, 1.54) is 18.2 Å². The number of carboxylic acid groups (broad SMARTS) is 1. The topological polar surface area (TPSA) is 78.8 Å². The third kappa shape index (κ3) is 2.70. The summed E-state index contributed by atoms with van der Waals surface area (Å²) in [6.07, 6.45) is 0. The van der Waals surface area contributed by atoms with Crippen LogP contribution in [0.2, 0.25) is 0 Å². The van der Waals surface area contributed by atoms with Gasteiger partial charge in [0.1, 0.15) is 11.3 Å². The predicted octanol–water partition coefficient (Wildman–Crippen LogP) is 2.50. The van der Waals surface area contributed by atoms with Gasteiger partial charge in [-0.05, 0) is 36.4 Å². The zero-order chi connectivity index (χ0) is 13.0. The summed E-state index contributed by atoms with van der Waals surface area (Å²) >= 11 is 0. The molecule has 2 rings (SSSR count). The molecule has 0 aliphatic carbocycles. The molecular formula is C13H11NO4. The van der Waals surface area contributed by atoms with Gasteiger partial charge >= 0.3 is 5.97 Å². The van der Waals surface area contributed by atoms with Crippen molar-refractivity contribution in [3.63, 3.8) is 0 Å². The number of aromatic carboxylic acids is 1. The molecule has 18 heavy (non-hydrogen) atoms. The number of carboxylic acids is 1. The maximum Gasteiger partial charge on any atom is 0.339 e. The molecule has 0 aromatic heterocycles. The Morgan fingerprint density at radius 3 is 2.39 bits per heavy atom. The van der Waals surface area contributed by atoms with Crippen LogP contribution in [0, 0.1) is 0 Å². The molecule has 0 atom stereocenters. The number of nitrogens with one attached hydrogen (secondary N) is 1. The Kier molecular flexibility index (Phi) is 3.33. The Labute approximate surface area is 103 Å². The molecule has 92 valence electrons. The van der Waals surface area contributed by atoms with Crippen LogP contribution in [0.1, 0.15) is 10.4 Å². The number of phenols is 1. The molecule has 0 heterocycles. The fourth-order valence-corrected chi connectivity index (χ4v) is 1.38. The second kappa shape index (κ2) is 5.09. The van der Waals surface area contributed by atoms with Crippen molar-refractivity contribution in [1.82, 2.24) is 0 Å². The van der Waals surface area contributed by atoms with Crippen molar-refractivity contribution in [1.29, 1.82) is 0 Å². The summed E-state index contributed by atoms with van der Waals surface area (Å²) in [6.45, 7) is 0. The molecule has 0 unspecified atom stereocenters. The average Bonchev–Trinajstić information content (AvgIpc) is 2.38. The molecule has 2 aromatic rings. The number of benzene rings is 2. The van der Waals surface area contributed by atoms with Crippen molar-refractivity contribution in [2.75, 3.05) is 5.48 Å². The largest absolute Gasteiger partial charge is 0.508 e. The summed E-state index contributed by atoms with van der Waals surface area (Å²) in [6, 6.07) is 12.5. The summed E-state index contributed by atoms with van der Waals surface area (Å²) < 4.78 is 0. The van der Waals surface area contributed by atoms with Gasteiger partial charge in [0, 0.05) is 0 Å². The maximum absolute atomic E-state index is 10.9. The highest BCUT2D eigenvalue weighted by Gasteiger charge is 2.10. The first-order valence-corrected chi connectivity index (χ1v) is 5.21. The second-order valence-electron chi connectivity index (χ2n) is 3.55. The molecule has 0 radical (unpaired) electrons. The summed E-state index contributed by atoms with van der Waals surface area (Å²) in [4.78, 5) is 16.1. The predicted molar refractivity (Wildman–Crippen MR) is 65.8 cm³/mol. The van der Waals surface area contributed by atoms with Gasteiger partial charge in [-0.15, -0.1) is 0 Å². The third-order valence-electron chi connectivity index (χ3n) is 2.26. The van der Waals surface area contributed by atoms with E-state index in [1.807, 2.05) is 0 Å². The van der Waals surface area contributed by atoms with Crippen LogP contribution in [0.25, 0.3) is 0 Å². The third-order valence-corrected chi connectivity index (χ3v) is 2.26. The summed E-state index contributed by atoms with van der Waals surface area (Å²) in [5.41, 5.74) is 3.29. The molecular weight excluding hydrogens is 234 g/mol. The van der Waals surface area contributed by atoms with E-state index in [9.17, 15) is 4.79 Å². The number of phenolic OH excluding ortho intramolecular Hbond substituents is 1. The molecule has 0 fully saturated rings. The van der Waals surface area contributed by atoms with Gasteiger partial charge in [0.15, 0.2) is 5.75 Å². The second-order valence-corrected chi connectivity index (χ2v) is 3.55. The van der Waals surface area contributed by atoms with Gasteiger partial charge in [0.2, 0.25) is 0 Å². The fourth-order valence-electron chi connectivity index (χ4n) is 1.38. The number of hydrogen-bond acceptors (Lipinski definition) is 4. The number of aromatic hydroxyl groups is 1. The van der Waals surface area contributed by atoms with Gasteiger partial charge in [-0.1, -0.05) is 12.1 Å². The van der Waals surface area contributed by atoms with E-state index in [2.05, 4.69) is 5.48 Å². The minimum atomic E-state index is -1.06. The maximum atomic E-state index is 10.9. The van der Waals surface area contributed by atoms with Gasteiger partial charge in [-0.2, -0.15) is 0 Å². The quantitative estimate of drug-likeness (QED) is 0.569. The number of hydrogen-bond donors (Lipinski definition) is 3. The molecule has 0 saturated carbocycles. The molecule has 3 N–H and O–H groups in total. The van der Waals surface area contributed by atoms with Crippen molar-refractivity contribution >= 4 is 11.7 Å². The van der Waals surface area contributed by atoms with Crippen LogP contribution in [0.3, 0.4) is 0 Å². The monoisotopic (exact) mass is 245 g/mol. The van der Waals surface area contributed by atoms with Crippen LogP contribution < -0.4 is 10.3 Å². The molecule has 0 bridgehead atoms. The van der Waals surface area contributed by atoms with Gasteiger partial charge in [-0.3, -0.25) is 0 Å². The Bertz CT molecular complexity index is 551. The van der Waals surface area contributed by atoms with Crippen LogP contribution in [0.15, 0.2) is 48.5 Å². The van der Waals surface area contributed by atoms with Crippen molar-refractivity contribution in [2.24, 2.45) is 0 Å². The standard InChI is InChI=1S/C13H11NO4/c15-10-7-5-9(6-8-10)14-18-12-4-2-1-3-11(12)13(16)17/h1-8,14-15H,(H,16,17). The average molecular weight is 245 g/mol. The van der Waals surface area contributed by atoms with Crippen LogP contribution >= 0.6 is 0 Å². The molecule has 5 heteroatoms. The van der Waals surface area contributed by atoms with Crippen LogP contribution in [0.5, 0.6) is 11.5 Å². The van der Waals surface area contributed by atoms with Crippen LogP contribution in [-0.4, -0.2) is 16.2 Å². The minimum Gasteiger partial charge on any atom is -0.508 e. The lowest BCUT2D eigenvalue weighted by Gasteiger charge is -2.10. The van der Waals surface area contributed by atoms with Crippen LogP contribution in [-0.2, 0) is 0 Å². The highest BCUT2D eigenvalue weighted by Crippen LogP contribution is 2.19. The van der Waals surface area contributed by atoms with E-state index in [0.717, 1.165) is 0 Å². The van der Waals surface area contributed by atoms with Crippen molar-refractivity contribution in [3.05, 3.63) is 54.1 Å². The molecule has 2 aromatic carbocycles. The minimum absolute atomic E-state index is 0.0729. The Hall–Kier alpha value is -2.69. The number of para-hydroxylation sites is 1. The first-order valence-electron chi connectivity index (χ1n) is 5.21. The van der Waals surface area contributed by atoms with E-state index < -0.39 is 5.97 Å². The van der Waals surface area contributed by atoms with E-state index in [-0.39, 0.29) is 17.1 Å². The molecule has 0 amide bonds. The zero-order valence-corrected chi connectivity index (χ0v) is 9.33. The first-order chi connectivity index (χ1) is 8.66. The first kappa shape index (κ1) is 11.8. The molecule has 5 nitrogen and oxygen atoms in total. The highest BCUT2D eigenvalue weighted by molar-refractivity contribution is 5.90. The van der Waals surface area contributed by atoms with E-state index in [1.54, 1.807) is 30.3 Å². The Morgan fingerprint density at radius 2 is 1.72 bits per heavy atom. The molecule has 0 aliphatic rings. The lowest BCUT2D eigenvalue weighted by Crippen LogP contribution is -2.08. The highest BCUT2D eigenvalue weighted by atomic mass is 16.6. The Balaban J connectivity index is 2.10. The van der Waals surface area contributed by atoms with Crippen LogP contribution in [0.4, 0.5) is 5.69 Å². The zero-order valence-electron chi connectivity index (χ0n) is 9.33. The van der Waals surface area contributed by atoms with E-state index in [0.29, 0.717) is 5.69 Å². The van der Waals surface area contributed by atoms with Gasteiger partial charge in [-0.25, -0.2) is 10.3 Å². The number of anilines is 1. The number of rotatable bonds is 4. The smallest absolute Gasteiger partial charge is 0.339 e. The fraction of sp³-hybridized carbons (Fsp3) is 0. The van der Waals surface area contributed by atoms with Gasteiger partial charge < -0.3 is 15.1 Å².